The molecule has 2 atom stereocenters. The van der Waals surface area contributed by atoms with Gasteiger partial charge in [-0.05, 0) is 31.5 Å². The minimum Gasteiger partial charge on any atom is -0.489 e. The van der Waals surface area contributed by atoms with Crippen LogP contribution in [0.25, 0.3) is 0 Å². The van der Waals surface area contributed by atoms with Gasteiger partial charge in [0.2, 0.25) is 0 Å². The van der Waals surface area contributed by atoms with Gasteiger partial charge < -0.3 is 15.2 Å². The molecule has 0 heterocycles. The van der Waals surface area contributed by atoms with Gasteiger partial charge in [0.25, 0.3) is 0 Å². The van der Waals surface area contributed by atoms with Crippen molar-refractivity contribution in [3.63, 3.8) is 0 Å². The highest BCUT2D eigenvalue weighted by Gasteiger charge is 2.07. The maximum atomic E-state index is 6.08. The van der Waals surface area contributed by atoms with Crippen molar-refractivity contribution in [3.8, 4) is 5.75 Å². The number of halogens is 1. The van der Waals surface area contributed by atoms with Crippen molar-refractivity contribution in [2.45, 2.75) is 26.0 Å². The first-order chi connectivity index (χ1) is 7.54. The first-order valence-electron chi connectivity index (χ1n) is 5.25. The molecule has 0 saturated heterocycles. The summed E-state index contributed by atoms with van der Waals surface area (Å²) in [6, 6.07) is 5.57. The second-order valence-electron chi connectivity index (χ2n) is 3.84. The van der Waals surface area contributed by atoms with Crippen molar-refractivity contribution in [1.29, 1.82) is 0 Å². The molecule has 0 fully saturated rings. The molecule has 0 aromatic heterocycles. The molecule has 16 heavy (non-hydrogen) atoms. The fraction of sp³-hybridized carbons (Fsp3) is 0.500. The topological polar surface area (TPSA) is 44.5 Å². The minimum absolute atomic E-state index is 0.0237. The summed E-state index contributed by atoms with van der Waals surface area (Å²) in [6.07, 6.45) is 0.0455. The van der Waals surface area contributed by atoms with Crippen LogP contribution in [0.3, 0.4) is 0 Å². The summed E-state index contributed by atoms with van der Waals surface area (Å²) >= 11 is 6.08. The van der Waals surface area contributed by atoms with Crippen molar-refractivity contribution in [2.75, 3.05) is 13.7 Å². The van der Waals surface area contributed by atoms with Crippen molar-refractivity contribution >= 4 is 11.6 Å². The summed E-state index contributed by atoms with van der Waals surface area (Å²) in [5, 5.41) is 0.582. The monoisotopic (exact) mass is 243 g/mol. The maximum absolute atomic E-state index is 6.08. The van der Waals surface area contributed by atoms with Gasteiger partial charge in [-0.3, -0.25) is 0 Å². The predicted molar refractivity (Wildman–Crippen MR) is 66.0 cm³/mol. The van der Waals surface area contributed by atoms with Gasteiger partial charge in [-0.25, -0.2) is 0 Å². The summed E-state index contributed by atoms with van der Waals surface area (Å²) in [4.78, 5) is 0. The Labute approximate surface area is 101 Å². The molecule has 1 aromatic rings. The molecular weight excluding hydrogens is 226 g/mol. The average molecular weight is 244 g/mol. The van der Waals surface area contributed by atoms with E-state index in [0.717, 1.165) is 5.56 Å². The number of benzene rings is 1. The Balaban J connectivity index is 2.68. The standard InChI is InChI=1S/C12H18ClNO2/c1-8(15-3)7-16-12-5-4-10(9(2)14)6-11(12)13/h4-6,8-9H,7,14H2,1-3H3/t8?,9-/m1/s1. The van der Waals surface area contributed by atoms with Crippen LogP contribution in [0.15, 0.2) is 18.2 Å². The fourth-order valence-corrected chi connectivity index (χ4v) is 1.44. The van der Waals surface area contributed by atoms with Crippen LogP contribution >= 0.6 is 11.6 Å². The molecule has 0 aliphatic heterocycles. The number of hydrogen-bond donors (Lipinski definition) is 1. The Morgan fingerprint density at radius 1 is 1.38 bits per heavy atom. The molecule has 1 aromatic carbocycles. The molecule has 4 heteroatoms. The van der Waals surface area contributed by atoms with Gasteiger partial charge in [0.1, 0.15) is 12.4 Å². The van der Waals surface area contributed by atoms with Crippen molar-refractivity contribution in [3.05, 3.63) is 28.8 Å². The Morgan fingerprint density at radius 2 is 2.06 bits per heavy atom. The smallest absolute Gasteiger partial charge is 0.138 e. The Hall–Kier alpha value is -0.770. The summed E-state index contributed by atoms with van der Waals surface area (Å²) in [7, 11) is 1.65. The lowest BCUT2D eigenvalue weighted by molar-refractivity contribution is 0.0717. The predicted octanol–water partition coefficient (Wildman–Crippen LogP) is 2.77. The zero-order chi connectivity index (χ0) is 12.1. The molecule has 0 saturated carbocycles. The van der Waals surface area contributed by atoms with Crippen LogP contribution in [0, 0.1) is 0 Å². The van der Waals surface area contributed by atoms with Crippen molar-refractivity contribution in [1.82, 2.24) is 0 Å². The second kappa shape index (κ2) is 6.09. The lowest BCUT2D eigenvalue weighted by Gasteiger charge is -2.14. The van der Waals surface area contributed by atoms with Gasteiger partial charge in [-0.2, -0.15) is 0 Å². The highest BCUT2D eigenvalue weighted by Crippen LogP contribution is 2.27. The highest BCUT2D eigenvalue weighted by atomic mass is 35.5. The summed E-state index contributed by atoms with van der Waals surface area (Å²) < 4.78 is 10.6. The first-order valence-corrected chi connectivity index (χ1v) is 5.63. The molecule has 0 amide bonds. The van der Waals surface area contributed by atoms with Crippen LogP contribution in [0.1, 0.15) is 25.5 Å². The van der Waals surface area contributed by atoms with Gasteiger partial charge in [-0.15, -0.1) is 0 Å². The van der Waals surface area contributed by atoms with Crippen LogP contribution in [-0.4, -0.2) is 19.8 Å². The molecule has 1 unspecified atom stereocenters. The third-order valence-electron chi connectivity index (χ3n) is 2.36. The van der Waals surface area contributed by atoms with Gasteiger partial charge in [0, 0.05) is 13.2 Å². The molecule has 0 aliphatic rings. The molecule has 0 bridgehead atoms. The minimum atomic E-state index is -0.0237. The number of rotatable bonds is 5. The molecule has 1 rings (SSSR count). The zero-order valence-corrected chi connectivity index (χ0v) is 10.6. The number of nitrogens with two attached hydrogens (primary N) is 1. The molecule has 0 aliphatic carbocycles. The van der Waals surface area contributed by atoms with Crippen molar-refractivity contribution < 1.29 is 9.47 Å². The zero-order valence-electron chi connectivity index (χ0n) is 9.87. The largest absolute Gasteiger partial charge is 0.489 e. The third kappa shape index (κ3) is 3.67. The Morgan fingerprint density at radius 3 is 2.56 bits per heavy atom. The Bertz CT molecular complexity index is 342. The normalized spacial score (nSPS) is 14.6. The number of methoxy groups -OCH3 is 1. The first kappa shape index (κ1) is 13.3. The lowest BCUT2D eigenvalue weighted by Crippen LogP contribution is -2.16. The number of ether oxygens (including phenoxy) is 2. The molecule has 0 radical (unpaired) electrons. The van der Waals surface area contributed by atoms with E-state index in [0.29, 0.717) is 17.4 Å². The fourth-order valence-electron chi connectivity index (χ4n) is 1.19. The molecule has 0 spiro atoms. The lowest BCUT2D eigenvalue weighted by atomic mass is 10.1. The maximum Gasteiger partial charge on any atom is 0.138 e. The third-order valence-corrected chi connectivity index (χ3v) is 2.65. The average Bonchev–Trinajstić information content (AvgIpc) is 2.26. The Kier molecular flexibility index (Phi) is 5.06. The van der Waals surface area contributed by atoms with E-state index in [2.05, 4.69) is 0 Å². The van der Waals surface area contributed by atoms with Gasteiger partial charge in [0.05, 0.1) is 11.1 Å². The van der Waals surface area contributed by atoms with Crippen LogP contribution in [0.4, 0.5) is 0 Å². The molecule has 90 valence electrons. The van der Waals surface area contributed by atoms with Crippen LogP contribution in [0.5, 0.6) is 5.75 Å². The SMILES string of the molecule is COC(C)COc1ccc([C@@H](C)N)cc1Cl. The quantitative estimate of drug-likeness (QED) is 0.865. The van der Waals surface area contributed by atoms with Gasteiger partial charge in [-0.1, -0.05) is 17.7 Å². The number of hydrogen-bond acceptors (Lipinski definition) is 3. The molecular formula is C12H18ClNO2. The van der Waals surface area contributed by atoms with Gasteiger partial charge >= 0.3 is 0 Å². The molecule has 2 N–H and O–H groups in total. The molecule has 3 nitrogen and oxygen atoms in total. The van der Waals surface area contributed by atoms with E-state index >= 15 is 0 Å². The van der Waals surface area contributed by atoms with E-state index < -0.39 is 0 Å². The van der Waals surface area contributed by atoms with E-state index in [-0.39, 0.29) is 12.1 Å². The van der Waals surface area contributed by atoms with Crippen LogP contribution in [0.2, 0.25) is 5.02 Å². The van der Waals surface area contributed by atoms with E-state index in [1.54, 1.807) is 7.11 Å². The van der Waals surface area contributed by atoms with E-state index in [1.165, 1.54) is 0 Å². The summed E-state index contributed by atoms with van der Waals surface area (Å²) in [5.74, 6) is 0.662. The second-order valence-corrected chi connectivity index (χ2v) is 4.24. The van der Waals surface area contributed by atoms with Crippen LogP contribution in [-0.2, 0) is 4.74 Å². The highest BCUT2D eigenvalue weighted by molar-refractivity contribution is 6.32. The summed E-state index contributed by atoms with van der Waals surface area (Å²) in [6.45, 7) is 4.33. The van der Waals surface area contributed by atoms with Gasteiger partial charge in [0.15, 0.2) is 0 Å². The van der Waals surface area contributed by atoms with E-state index in [4.69, 9.17) is 26.8 Å². The van der Waals surface area contributed by atoms with E-state index in [1.807, 2.05) is 32.0 Å². The summed E-state index contributed by atoms with van der Waals surface area (Å²) in [5.41, 5.74) is 6.75. The van der Waals surface area contributed by atoms with Crippen LogP contribution < -0.4 is 10.5 Å². The van der Waals surface area contributed by atoms with Crippen molar-refractivity contribution in [2.24, 2.45) is 5.73 Å². The van der Waals surface area contributed by atoms with E-state index in [9.17, 15) is 0 Å².